The van der Waals surface area contributed by atoms with E-state index < -0.39 is 0 Å². The van der Waals surface area contributed by atoms with Crippen molar-refractivity contribution in [1.82, 2.24) is 5.32 Å². The molecule has 1 aliphatic rings. The minimum absolute atomic E-state index is 0.0549. The molecule has 1 unspecified atom stereocenters. The van der Waals surface area contributed by atoms with Crippen molar-refractivity contribution in [1.29, 1.82) is 0 Å². The van der Waals surface area contributed by atoms with Crippen molar-refractivity contribution < 1.29 is 9.18 Å². The Morgan fingerprint density at radius 1 is 1.23 bits per heavy atom. The minimum atomic E-state index is -0.259. The largest absolute Gasteiger partial charge is 0.356 e. The SMILES string of the molecule is Cc1ccc(NC(=S)NC(C)c2ccc(F)cc2)cc1N1CCCC1=O. The first-order valence-electron chi connectivity index (χ1n) is 8.68. The summed E-state index contributed by atoms with van der Waals surface area (Å²) in [6, 6.07) is 12.2. The molecule has 6 heteroatoms. The van der Waals surface area contributed by atoms with Crippen LogP contribution < -0.4 is 15.5 Å². The average molecular weight is 371 g/mol. The Labute approximate surface area is 158 Å². The molecule has 0 aromatic heterocycles. The zero-order chi connectivity index (χ0) is 18.7. The average Bonchev–Trinajstić information content (AvgIpc) is 3.03. The van der Waals surface area contributed by atoms with Crippen molar-refractivity contribution in [2.24, 2.45) is 0 Å². The van der Waals surface area contributed by atoms with Crippen molar-refractivity contribution in [2.75, 3.05) is 16.8 Å². The molecule has 2 aromatic carbocycles. The van der Waals surface area contributed by atoms with Gasteiger partial charge in [0.05, 0.1) is 6.04 Å². The molecule has 136 valence electrons. The molecule has 0 saturated carbocycles. The maximum atomic E-state index is 13.0. The molecular weight excluding hydrogens is 349 g/mol. The number of nitrogens with one attached hydrogen (secondary N) is 2. The van der Waals surface area contributed by atoms with Gasteiger partial charge in [0.2, 0.25) is 5.91 Å². The number of thiocarbonyl (C=S) groups is 1. The summed E-state index contributed by atoms with van der Waals surface area (Å²) in [6.45, 7) is 4.72. The Balaban J connectivity index is 1.67. The van der Waals surface area contributed by atoms with Crippen LogP contribution in [0.15, 0.2) is 42.5 Å². The molecule has 0 aliphatic carbocycles. The topological polar surface area (TPSA) is 44.4 Å². The van der Waals surface area contributed by atoms with E-state index in [4.69, 9.17) is 12.2 Å². The lowest BCUT2D eigenvalue weighted by molar-refractivity contribution is -0.117. The maximum absolute atomic E-state index is 13.0. The fraction of sp³-hybridized carbons (Fsp3) is 0.300. The molecule has 0 radical (unpaired) electrons. The van der Waals surface area contributed by atoms with Crippen LogP contribution in [0.1, 0.15) is 36.9 Å². The Morgan fingerprint density at radius 2 is 1.96 bits per heavy atom. The number of aryl methyl sites for hydroxylation is 1. The van der Waals surface area contributed by atoms with Gasteiger partial charge in [0, 0.05) is 24.3 Å². The van der Waals surface area contributed by atoms with Crippen molar-refractivity contribution >= 4 is 34.6 Å². The summed E-state index contributed by atoms with van der Waals surface area (Å²) in [4.78, 5) is 13.9. The maximum Gasteiger partial charge on any atom is 0.227 e. The zero-order valence-corrected chi connectivity index (χ0v) is 15.7. The number of hydrogen-bond acceptors (Lipinski definition) is 2. The van der Waals surface area contributed by atoms with Gasteiger partial charge in [-0.05, 0) is 67.9 Å². The Kier molecular flexibility index (Phi) is 5.52. The lowest BCUT2D eigenvalue weighted by Gasteiger charge is -2.21. The number of benzene rings is 2. The normalized spacial score (nSPS) is 15.0. The van der Waals surface area contributed by atoms with Crippen molar-refractivity contribution in [3.63, 3.8) is 0 Å². The fourth-order valence-electron chi connectivity index (χ4n) is 3.08. The summed E-state index contributed by atoms with van der Waals surface area (Å²) in [6.07, 6.45) is 1.50. The molecule has 4 nitrogen and oxygen atoms in total. The summed E-state index contributed by atoms with van der Waals surface area (Å²) >= 11 is 5.40. The van der Waals surface area contributed by atoms with E-state index in [-0.39, 0.29) is 17.8 Å². The predicted octanol–water partition coefficient (Wildman–Crippen LogP) is 4.31. The van der Waals surface area contributed by atoms with Gasteiger partial charge < -0.3 is 15.5 Å². The summed E-state index contributed by atoms with van der Waals surface area (Å²) in [7, 11) is 0. The van der Waals surface area contributed by atoms with Crippen LogP contribution in [-0.4, -0.2) is 17.6 Å². The summed E-state index contributed by atoms with van der Waals surface area (Å²) < 4.78 is 13.0. The zero-order valence-electron chi connectivity index (χ0n) is 14.9. The number of carbonyl (C=O) groups excluding carboxylic acids is 1. The monoisotopic (exact) mass is 371 g/mol. The fourth-order valence-corrected chi connectivity index (χ4v) is 3.37. The second-order valence-electron chi connectivity index (χ2n) is 6.52. The molecular formula is C20H22FN3OS. The lowest BCUT2D eigenvalue weighted by atomic mass is 10.1. The van der Waals surface area contributed by atoms with Gasteiger partial charge in [-0.2, -0.15) is 0 Å². The first kappa shape index (κ1) is 18.3. The highest BCUT2D eigenvalue weighted by Crippen LogP contribution is 2.28. The summed E-state index contributed by atoms with van der Waals surface area (Å²) in [5.41, 5.74) is 3.76. The Bertz CT molecular complexity index is 822. The van der Waals surface area contributed by atoms with Crippen LogP contribution in [0, 0.1) is 12.7 Å². The molecule has 0 spiro atoms. The summed E-state index contributed by atoms with van der Waals surface area (Å²) in [5.74, 6) is -0.0961. The number of halogens is 1. The summed E-state index contributed by atoms with van der Waals surface area (Å²) in [5, 5.41) is 6.84. The van der Waals surface area contributed by atoms with E-state index in [9.17, 15) is 9.18 Å². The van der Waals surface area contributed by atoms with Crippen molar-refractivity contribution in [3.8, 4) is 0 Å². The van der Waals surface area contributed by atoms with Gasteiger partial charge in [-0.15, -0.1) is 0 Å². The standard InChI is InChI=1S/C20H22FN3OS/c1-13-5-10-17(12-18(13)24-11-3-4-19(24)25)23-20(26)22-14(2)15-6-8-16(21)9-7-15/h5-10,12,14H,3-4,11H2,1-2H3,(H2,22,23,26). The number of carbonyl (C=O) groups is 1. The molecule has 1 atom stereocenters. The second kappa shape index (κ2) is 7.83. The first-order valence-corrected chi connectivity index (χ1v) is 9.09. The number of anilines is 2. The van der Waals surface area contributed by atoms with E-state index in [0.717, 1.165) is 35.5 Å². The smallest absolute Gasteiger partial charge is 0.227 e. The van der Waals surface area contributed by atoms with Crippen LogP contribution in [0.4, 0.5) is 15.8 Å². The third-order valence-corrected chi connectivity index (χ3v) is 4.77. The van der Waals surface area contributed by atoms with E-state index in [1.54, 1.807) is 12.1 Å². The van der Waals surface area contributed by atoms with E-state index in [0.29, 0.717) is 11.5 Å². The molecule has 1 saturated heterocycles. The third-order valence-electron chi connectivity index (χ3n) is 4.55. The van der Waals surface area contributed by atoms with Crippen LogP contribution >= 0.6 is 12.2 Å². The van der Waals surface area contributed by atoms with Crippen molar-refractivity contribution in [2.45, 2.75) is 32.7 Å². The van der Waals surface area contributed by atoms with Crippen LogP contribution in [-0.2, 0) is 4.79 Å². The molecule has 1 heterocycles. The molecule has 2 aromatic rings. The van der Waals surface area contributed by atoms with Gasteiger partial charge in [0.1, 0.15) is 5.82 Å². The Hall–Kier alpha value is -2.47. The van der Waals surface area contributed by atoms with E-state index >= 15 is 0 Å². The highest BCUT2D eigenvalue weighted by molar-refractivity contribution is 7.80. The molecule has 3 rings (SSSR count). The number of hydrogen-bond donors (Lipinski definition) is 2. The van der Waals surface area contributed by atoms with Crippen molar-refractivity contribution in [3.05, 3.63) is 59.4 Å². The lowest BCUT2D eigenvalue weighted by Crippen LogP contribution is -2.31. The van der Waals surface area contributed by atoms with Gasteiger partial charge in [-0.1, -0.05) is 18.2 Å². The van der Waals surface area contributed by atoms with E-state index in [1.165, 1.54) is 12.1 Å². The minimum Gasteiger partial charge on any atom is -0.356 e. The van der Waals surface area contributed by atoms with Crippen LogP contribution in [0.3, 0.4) is 0 Å². The van der Waals surface area contributed by atoms with Gasteiger partial charge in [0.25, 0.3) is 0 Å². The number of nitrogens with zero attached hydrogens (tertiary/aromatic N) is 1. The third kappa shape index (κ3) is 4.19. The molecule has 1 aliphatic heterocycles. The molecule has 26 heavy (non-hydrogen) atoms. The quantitative estimate of drug-likeness (QED) is 0.786. The van der Waals surface area contributed by atoms with Crippen LogP contribution in [0.2, 0.25) is 0 Å². The molecule has 2 N–H and O–H groups in total. The number of amides is 1. The van der Waals surface area contributed by atoms with Crippen LogP contribution in [0.5, 0.6) is 0 Å². The van der Waals surface area contributed by atoms with Gasteiger partial charge >= 0.3 is 0 Å². The molecule has 1 fully saturated rings. The number of rotatable bonds is 4. The van der Waals surface area contributed by atoms with Gasteiger partial charge in [0.15, 0.2) is 5.11 Å². The first-order chi connectivity index (χ1) is 12.4. The Morgan fingerprint density at radius 3 is 2.62 bits per heavy atom. The van der Waals surface area contributed by atoms with Crippen LogP contribution in [0.25, 0.3) is 0 Å². The predicted molar refractivity (Wildman–Crippen MR) is 107 cm³/mol. The van der Waals surface area contributed by atoms with Gasteiger partial charge in [-0.3, -0.25) is 4.79 Å². The highest BCUT2D eigenvalue weighted by atomic mass is 32.1. The van der Waals surface area contributed by atoms with Gasteiger partial charge in [-0.25, -0.2) is 4.39 Å². The second-order valence-corrected chi connectivity index (χ2v) is 6.93. The van der Waals surface area contributed by atoms with E-state index in [2.05, 4.69) is 10.6 Å². The highest BCUT2D eigenvalue weighted by Gasteiger charge is 2.23. The molecule has 0 bridgehead atoms. The van der Waals surface area contributed by atoms with E-state index in [1.807, 2.05) is 36.9 Å². The molecule has 1 amide bonds.